The first kappa shape index (κ1) is 21.7. The maximum Gasteiger partial charge on any atom is 0.292 e. The molecule has 1 aromatic heterocycles. The minimum atomic E-state index is -4.12. The van der Waals surface area contributed by atoms with Gasteiger partial charge in [-0.15, -0.1) is 6.58 Å². The number of nitrogens with zero attached hydrogens (tertiary/aromatic N) is 3. The van der Waals surface area contributed by atoms with Gasteiger partial charge in [0.25, 0.3) is 11.8 Å². The van der Waals surface area contributed by atoms with E-state index in [2.05, 4.69) is 16.5 Å². The number of hydrogen-bond acceptors (Lipinski definition) is 6. The minimum absolute atomic E-state index is 0.0426. The second kappa shape index (κ2) is 8.76. The molecule has 11 heteroatoms. The second-order valence-corrected chi connectivity index (χ2v) is 8.44. The average Bonchev–Trinajstić information content (AvgIpc) is 3.18. The van der Waals surface area contributed by atoms with Crippen molar-refractivity contribution in [1.29, 1.82) is 0 Å². The lowest BCUT2D eigenvalue weighted by molar-refractivity contribution is 0.0512. The Kier molecular flexibility index (Phi) is 6.32. The number of hydrogen-bond donors (Lipinski definition) is 1. The molecular formula is C19H21FN4O5S. The molecule has 0 bridgehead atoms. The smallest absolute Gasteiger partial charge is 0.292 e. The Balaban J connectivity index is 1.70. The van der Waals surface area contributed by atoms with E-state index in [4.69, 9.17) is 4.52 Å². The number of benzene rings is 1. The monoisotopic (exact) mass is 436 g/mol. The van der Waals surface area contributed by atoms with Gasteiger partial charge in [0.05, 0.1) is 5.69 Å². The maximum absolute atomic E-state index is 14.1. The van der Waals surface area contributed by atoms with E-state index in [9.17, 15) is 22.4 Å². The Morgan fingerprint density at radius 1 is 1.20 bits per heavy atom. The first-order valence-electron chi connectivity index (χ1n) is 9.15. The molecule has 1 saturated heterocycles. The standard InChI is InChI=1S/C19H21FN4O5S/c1-3-6-21-30(27,28)17-12-14(4-5-15(17)20)18(25)23-7-9-24(10-8-23)19(26)16-11-13(2)22-29-16/h3-5,11-12,21H,1,6-10H2,2H3. The van der Waals surface area contributed by atoms with Crippen molar-refractivity contribution in [3.05, 3.63) is 59.8 Å². The summed E-state index contributed by atoms with van der Waals surface area (Å²) in [6.45, 7) is 6.08. The lowest BCUT2D eigenvalue weighted by Crippen LogP contribution is -2.50. The second-order valence-electron chi connectivity index (χ2n) is 6.70. The summed E-state index contributed by atoms with van der Waals surface area (Å²) < 4.78 is 45.7. The molecule has 1 fully saturated rings. The summed E-state index contributed by atoms with van der Waals surface area (Å²) in [4.78, 5) is 27.6. The zero-order valence-corrected chi connectivity index (χ0v) is 17.1. The van der Waals surface area contributed by atoms with Gasteiger partial charge in [0.1, 0.15) is 10.7 Å². The summed E-state index contributed by atoms with van der Waals surface area (Å²) in [6.07, 6.45) is 1.32. The number of sulfonamides is 1. The quantitative estimate of drug-likeness (QED) is 0.681. The molecule has 30 heavy (non-hydrogen) atoms. The van der Waals surface area contributed by atoms with Crippen molar-refractivity contribution in [3.8, 4) is 0 Å². The van der Waals surface area contributed by atoms with Crippen molar-refractivity contribution >= 4 is 21.8 Å². The summed E-state index contributed by atoms with van der Waals surface area (Å²) in [5.41, 5.74) is 0.637. The van der Waals surface area contributed by atoms with Crippen LogP contribution in [0.3, 0.4) is 0 Å². The Hall–Kier alpha value is -3.05. The van der Waals surface area contributed by atoms with Crippen LogP contribution in [0.25, 0.3) is 0 Å². The number of piperazine rings is 1. The van der Waals surface area contributed by atoms with Crippen molar-refractivity contribution in [1.82, 2.24) is 19.7 Å². The summed E-state index contributed by atoms with van der Waals surface area (Å²) in [6, 6.07) is 4.74. The van der Waals surface area contributed by atoms with Gasteiger partial charge in [-0.25, -0.2) is 17.5 Å². The van der Waals surface area contributed by atoms with Crippen LogP contribution in [-0.4, -0.2) is 67.9 Å². The molecule has 9 nitrogen and oxygen atoms in total. The minimum Gasteiger partial charge on any atom is -0.351 e. The fourth-order valence-electron chi connectivity index (χ4n) is 3.00. The topological polar surface area (TPSA) is 113 Å². The van der Waals surface area contributed by atoms with Crippen molar-refractivity contribution in [3.63, 3.8) is 0 Å². The highest BCUT2D eigenvalue weighted by atomic mass is 32.2. The van der Waals surface area contributed by atoms with Crippen molar-refractivity contribution in [2.45, 2.75) is 11.8 Å². The van der Waals surface area contributed by atoms with E-state index < -0.39 is 26.6 Å². The predicted molar refractivity (Wildman–Crippen MR) is 105 cm³/mol. The molecule has 0 radical (unpaired) electrons. The largest absolute Gasteiger partial charge is 0.351 e. The van der Waals surface area contributed by atoms with E-state index in [1.165, 1.54) is 17.0 Å². The van der Waals surface area contributed by atoms with Gasteiger partial charge in [0.15, 0.2) is 0 Å². The van der Waals surface area contributed by atoms with Crippen LogP contribution in [0.5, 0.6) is 0 Å². The van der Waals surface area contributed by atoms with Gasteiger partial charge in [-0.1, -0.05) is 11.2 Å². The summed E-state index contributed by atoms with van der Waals surface area (Å²) in [5, 5.41) is 3.69. The van der Waals surface area contributed by atoms with E-state index in [1.54, 1.807) is 17.9 Å². The molecule has 0 saturated carbocycles. The maximum atomic E-state index is 14.1. The van der Waals surface area contributed by atoms with Crippen LogP contribution in [0.1, 0.15) is 26.6 Å². The molecule has 0 atom stereocenters. The van der Waals surface area contributed by atoms with E-state index >= 15 is 0 Å². The van der Waals surface area contributed by atoms with E-state index in [-0.39, 0.29) is 50.0 Å². The number of rotatable bonds is 6. The lowest BCUT2D eigenvalue weighted by Gasteiger charge is -2.34. The lowest BCUT2D eigenvalue weighted by atomic mass is 10.1. The third kappa shape index (κ3) is 4.57. The predicted octanol–water partition coefficient (Wildman–Crippen LogP) is 1.18. The molecule has 2 aromatic rings. The van der Waals surface area contributed by atoms with Crippen LogP contribution < -0.4 is 4.72 Å². The number of aryl methyl sites for hydroxylation is 1. The number of aromatic nitrogens is 1. The van der Waals surface area contributed by atoms with Gasteiger partial charge in [-0.2, -0.15) is 0 Å². The molecule has 0 spiro atoms. The van der Waals surface area contributed by atoms with Crippen LogP contribution in [0, 0.1) is 12.7 Å². The van der Waals surface area contributed by atoms with Crippen LogP contribution in [0.15, 0.2) is 46.3 Å². The number of halogens is 1. The number of carbonyl (C=O) groups excluding carboxylic acids is 2. The van der Waals surface area contributed by atoms with Gasteiger partial charge in [0, 0.05) is 44.4 Å². The first-order chi connectivity index (χ1) is 14.2. The van der Waals surface area contributed by atoms with Crippen LogP contribution in [0.2, 0.25) is 0 Å². The molecule has 0 aliphatic carbocycles. The summed E-state index contributed by atoms with van der Waals surface area (Å²) in [7, 11) is -4.12. The molecule has 1 N–H and O–H groups in total. The number of amides is 2. The fourth-order valence-corrected chi connectivity index (χ4v) is 4.10. The Morgan fingerprint density at radius 3 is 2.40 bits per heavy atom. The molecule has 1 aromatic carbocycles. The van der Waals surface area contributed by atoms with Crippen LogP contribution >= 0.6 is 0 Å². The molecule has 0 unspecified atom stereocenters. The van der Waals surface area contributed by atoms with Crippen LogP contribution in [-0.2, 0) is 10.0 Å². The van der Waals surface area contributed by atoms with Gasteiger partial charge in [0.2, 0.25) is 15.8 Å². The Bertz CT molecular complexity index is 1070. The van der Waals surface area contributed by atoms with Crippen molar-refractivity contribution < 1.29 is 26.9 Å². The molecule has 2 heterocycles. The average molecular weight is 436 g/mol. The highest BCUT2D eigenvalue weighted by molar-refractivity contribution is 7.89. The highest BCUT2D eigenvalue weighted by Crippen LogP contribution is 2.19. The van der Waals surface area contributed by atoms with Gasteiger partial charge in [-0.05, 0) is 25.1 Å². The third-order valence-corrected chi connectivity index (χ3v) is 6.02. The highest BCUT2D eigenvalue weighted by Gasteiger charge is 2.28. The van der Waals surface area contributed by atoms with E-state index in [0.717, 1.165) is 12.1 Å². The molecule has 1 aliphatic heterocycles. The Labute approximate surface area is 173 Å². The van der Waals surface area contributed by atoms with E-state index in [0.29, 0.717) is 5.69 Å². The van der Waals surface area contributed by atoms with Gasteiger partial charge >= 0.3 is 0 Å². The third-order valence-electron chi connectivity index (χ3n) is 4.58. The number of nitrogens with one attached hydrogen (secondary N) is 1. The zero-order valence-electron chi connectivity index (χ0n) is 16.3. The number of carbonyl (C=O) groups is 2. The molecule has 1 aliphatic rings. The molecule has 160 valence electrons. The SMILES string of the molecule is C=CCNS(=O)(=O)c1cc(C(=O)N2CCN(C(=O)c3cc(C)no3)CC2)ccc1F. The summed E-state index contributed by atoms with van der Waals surface area (Å²) in [5.74, 6) is -1.59. The van der Waals surface area contributed by atoms with Crippen molar-refractivity contribution in [2.24, 2.45) is 0 Å². The Morgan fingerprint density at radius 2 is 1.83 bits per heavy atom. The van der Waals surface area contributed by atoms with E-state index in [1.807, 2.05) is 0 Å². The van der Waals surface area contributed by atoms with Crippen molar-refractivity contribution in [2.75, 3.05) is 32.7 Å². The first-order valence-corrected chi connectivity index (χ1v) is 10.6. The normalized spacial score (nSPS) is 14.6. The zero-order chi connectivity index (χ0) is 21.9. The summed E-state index contributed by atoms with van der Waals surface area (Å²) >= 11 is 0. The van der Waals surface area contributed by atoms with Gasteiger partial charge in [-0.3, -0.25) is 9.59 Å². The van der Waals surface area contributed by atoms with Gasteiger partial charge < -0.3 is 14.3 Å². The molecule has 3 rings (SSSR count). The molecular weight excluding hydrogens is 415 g/mol. The fraction of sp³-hybridized carbons (Fsp3) is 0.316. The molecule has 2 amide bonds. The van der Waals surface area contributed by atoms with Crippen LogP contribution in [0.4, 0.5) is 4.39 Å².